The summed E-state index contributed by atoms with van der Waals surface area (Å²) in [5, 5.41) is 12.1. The molecule has 4 rings (SSSR count). The summed E-state index contributed by atoms with van der Waals surface area (Å²) in [4.78, 5) is 24.0. The van der Waals surface area contributed by atoms with Gasteiger partial charge in [-0.25, -0.2) is 9.59 Å². The number of nitrogens with one attached hydrogen (secondary N) is 1. The van der Waals surface area contributed by atoms with Crippen molar-refractivity contribution >= 4 is 12.1 Å². The third kappa shape index (κ3) is 2.97. The molecule has 140 valence electrons. The van der Waals surface area contributed by atoms with Crippen LogP contribution in [0.4, 0.5) is 4.79 Å². The van der Waals surface area contributed by atoms with Gasteiger partial charge in [-0.05, 0) is 40.5 Å². The van der Waals surface area contributed by atoms with Crippen LogP contribution in [0.15, 0.2) is 48.5 Å². The van der Waals surface area contributed by atoms with Gasteiger partial charge in [-0.3, -0.25) is 0 Å². The molecule has 0 saturated heterocycles. The van der Waals surface area contributed by atoms with Crippen molar-refractivity contribution in [3.05, 3.63) is 59.7 Å². The standard InChI is InChI=1S/C22H23NO4/c1-21(2)12-22(13-21,19(24)25)23-20(26)27-11-18-16-9-5-3-7-14(16)15-8-4-6-10-17(15)18/h3-10,18H,11-13H2,1-2H3,(H,23,26)(H,24,25). The van der Waals surface area contributed by atoms with Crippen molar-refractivity contribution in [2.45, 2.75) is 38.1 Å². The Hall–Kier alpha value is -2.82. The molecule has 2 aromatic carbocycles. The lowest BCUT2D eigenvalue weighted by molar-refractivity contribution is -0.154. The second kappa shape index (κ2) is 6.12. The van der Waals surface area contributed by atoms with Crippen LogP contribution in [-0.2, 0) is 9.53 Å². The molecule has 2 aliphatic carbocycles. The number of fused-ring (bicyclic) bond motifs is 3. The van der Waals surface area contributed by atoms with Gasteiger partial charge in [0.15, 0.2) is 0 Å². The fraction of sp³-hybridized carbons (Fsp3) is 0.364. The van der Waals surface area contributed by atoms with Crippen molar-refractivity contribution in [2.75, 3.05) is 6.61 Å². The van der Waals surface area contributed by atoms with Gasteiger partial charge in [0.2, 0.25) is 0 Å². The fourth-order valence-corrected chi connectivity index (χ4v) is 4.71. The Kier molecular flexibility index (Phi) is 3.98. The first-order chi connectivity index (χ1) is 12.8. The Labute approximate surface area is 158 Å². The van der Waals surface area contributed by atoms with E-state index in [4.69, 9.17) is 4.74 Å². The van der Waals surface area contributed by atoms with E-state index in [-0.39, 0.29) is 17.9 Å². The zero-order valence-electron chi connectivity index (χ0n) is 15.5. The van der Waals surface area contributed by atoms with E-state index < -0.39 is 17.6 Å². The molecule has 0 bridgehead atoms. The summed E-state index contributed by atoms with van der Waals surface area (Å²) in [5.74, 6) is -1.04. The SMILES string of the molecule is CC1(C)CC(NC(=O)OCC2c3ccccc3-c3ccccc32)(C(=O)O)C1. The maximum atomic E-state index is 12.4. The smallest absolute Gasteiger partial charge is 0.408 e. The molecule has 1 saturated carbocycles. The number of hydrogen-bond donors (Lipinski definition) is 2. The van der Waals surface area contributed by atoms with Gasteiger partial charge in [0.25, 0.3) is 0 Å². The molecule has 27 heavy (non-hydrogen) atoms. The van der Waals surface area contributed by atoms with E-state index in [1.165, 1.54) is 0 Å². The lowest BCUT2D eigenvalue weighted by atomic mass is 9.59. The van der Waals surface area contributed by atoms with Crippen LogP contribution in [0.5, 0.6) is 0 Å². The monoisotopic (exact) mass is 365 g/mol. The van der Waals surface area contributed by atoms with Gasteiger partial charge in [0.05, 0.1) is 0 Å². The van der Waals surface area contributed by atoms with Crippen LogP contribution in [0.25, 0.3) is 11.1 Å². The molecule has 5 heteroatoms. The molecule has 0 unspecified atom stereocenters. The molecular weight excluding hydrogens is 342 g/mol. The van der Waals surface area contributed by atoms with Crippen molar-refractivity contribution in [3.8, 4) is 11.1 Å². The highest BCUT2D eigenvalue weighted by atomic mass is 16.5. The number of ether oxygens (including phenoxy) is 1. The lowest BCUT2D eigenvalue weighted by Crippen LogP contribution is -2.65. The molecule has 1 amide bonds. The van der Waals surface area contributed by atoms with Crippen molar-refractivity contribution < 1.29 is 19.4 Å². The van der Waals surface area contributed by atoms with Crippen LogP contribution in [0.1, 0.15) is 43.7 Å². The third-order valence-electron chi connectivity index (χ3n) is 5.66. The number of benzene rings is 2. The molecule has 2 N–H and O–H groups in total. The average Bonchev–Trinajstić information content (AvgIpc) is 2.92. The second-order valence-electron chi connectivity index (χ2n) is 8.36. The van der Waals surface area contributed by atoms with Crippen LogP contribution in [0.2, 0.25) is 0 Å². The number of carbonyl (C=O) groups is 2. The second-order valence-corrected chi connectivity index (χ2v) is 8.36. The molecule has 0 aliphatic heterocycles. The first-order valence-electron chi connectivity index (χ1n) is 9.18. The number of aliphatic carboxylic acids is 1. The predicted octanol–water partition coefficient (Wildman–Crippen LogP) is 4.17. The van der Waals surface area contributed by atoms with Crippen LogP contribution in [-0.4, -0.2) is 29.3 Å². The normalized spacial score (nSPS) is 18.7. The lowest BCUT2D eigenvalue weighted by Gasteiger charge is -2.50. The predicted molar refractivity (Wildman–Crippen MR) is 102 cm³/mol. The number of carboxylic acids is 1. The molecular formula is C22H23NO4. The zero-order valence-corrected chi connectivity index (χ0v) is 15.5. The van der Waals surface area contributed by atoms with Gasteiger partial charge in [-0.2, -0.15) is 0 Å². The third-order valence-corrected chi connectivity index (χ3v) is 5.66. The van der Waals surface area contributed by atoms with Crippen molar-refractivity contribution in [2.24, 2.45) is 5.41 Å². The molecule has 0 atom stereocenters. The van der Waals surface area contributed by atoms with Gasteiger partial charge in [-0.15, -0.1) is 0 Å². The summed E-state index contributed by atoms with van der Waals surface area (Å²) in [7, 11) is 0. The van der Waals surface area contributed by atoms with Gasteiger partial charge >= 0.3 is 12.1 Å². The zero-order chi connectivity index (χ0) is 19.2. The van der Waals surface area contributed by atoms with Crippen LogP contribution >= 0.6 is 0 Å². The number of hydrogen-bond acceptors (Lipinski definition) is 3. The first kappa shape index (κ1) is 17.6. The highest BCUT2D eigenvalue weighted by Crippen LogP contribution is 2.48. The van der Waals surface area contributed by atoms with Crippen LogP contribution in [0, 0.1) is 5.41 Å². The minimum Gasteiger partial charge on any atom is -0.480 e. The molecule has 2 aliphatic rings. The summed E-state index contributed by atoms with van der Waals surface area (Å²) in [5.41, 5.74) is 3.27. The van der Waals surface area contributed by atoms with E-state index in [1.54, 1.807) is 0 Å². The highest BCUT2D eigenvalue weighted by molar-refractivity contribution is 5.86. The molecule has 5 nitrogen and oxygen atoms in total. The van der Waals surface area contributed by atoms with E-state index >= 15 is 0 Å². The van der Waals surface area contributed by atoms with E-state index in [0.717, 1.165) is 22.3 Å². The van der Waals surface area contributed by atoms with E-state index in [1.807, 2.05) is 38.1 Å². The topological polar surface area (TPSA) is 75.6 Å². The molecule has 0 heterocycles. The van der Waals surface area contributed by atoms with E-state index in [0.29, 0.717) is 12.8 Å². The maximum Gasteiger partial charge on any atom is 0.408 e. The average molecular weight is 365 g/mol. The van der Waals surface area contributed by atoms with Gasteiger partial charge in [0.1, 0.15) is 12.1 Å². The van der Waals surface area contributed by atoms with Gasteiger partial charge in [0, 0.05) is 5.92 Å². The summed E-state index contributed by atoms with van der Waals surface area (Å²) >= 11 is 0. The van der Waals surface area contributed by atoms with E-state index in [2.05, 4.69) is 29.6 Å². The Morgan fingerprint density at radius 2 is 1.56 bits per heavy atom. The Bertz CT molecular complexity index is 865. The largest absolute Gasteiger partial charge is 0.480 e. The fourth-order valence-electron chi connectivity index (χ4n) is 4.71. The van der Waals surface area contributed by atoms with Crippen molar-refractivity contribution in [3.63, 3.8) is 0 Å². The summed E-state index contributed by atoms with van der Waals surface area (Å²) < 4.78 is 5.48. The minimum atomic E-state index is -1.22. The number of carbonyl (C=O) groups excluding carboxylic acids is 1. The minimum absolute atomic E-state index is 0.0400. The quantitative estimate of drug-likeness (QED) is 0.853. The number of carboxylic acid groups (broad SMARTS) is 1. The van der Waals surface area contributed by atoms with Gasteiger partial charge < -0.3 is 15.2 Å². The Morgan fingerprint density at radius 1 is 1.04 bits per heavy atom. The molecule has 0 spiro atoms. The van der Waals surface area contributed by atoms with E-state index in [9.17, 15) is 14.7 Å². The number of rotatable bonds is 4. The highest BCUT2D eigenvalue weighted by Gasteiger charge is 2.56. The first-order valence-corrected chi connectivity index (χ1v) is 9.18. The van der Waals surface area contributed by atoms with Crippen LogP contribution < -0.4 is 5.32 Å². The van der Waals surface area contributed by atoms with Crippen LogP contribution in [0.3, 0.4) is 0 Å². The number of amides is 1. The number of alkyl carbamates (subject to hydrolysis) is 1. The van der Waals surface area contributed by atoms with Crippen molar-refractivity contribution in [1.29, 1.82) is 0 Å². The molecule has 2 aromatic rings. The van der Waals surface area contributed by atoms with Crippen molar-refractivity contribution in [1.82, 2.24) is 5.32 Å². The van der Waals surface area contributed by atoms with Gasteiger partial charge in [-0.1, -0.05) is 62.4 Å². The summed E-state index contributed by atoms with van der Waals surface area (Å²) in [6.07, 6.45) is 0.133. The molecule has 1 fully saturated rings. The molecule has 0 aromatic heterocycles. The maximum absolute atomic E-state index is 12.4. The summed E-state index contributed by atoms with van der Waals surface area (Å²) in [6, 6.07) is 16.2. The molecule has 0 radical (unpaired) electrons. The summed E-state index contributed by atoms with van der Waals surface area (Å²) in [6.45, 7) is 4.17. The Morgan fingerprint density at radius 3 is 2.04 bits per heavy atom. The Balaban J connectivity index is 1.48.